The van der Waals surface area contributed by atoms with Gasteiger partial charge in [0.1, 0.15) is 11.6 Å². The zero-order chi connectivity index (χ0) is 11.8. The fourth-order valence-electron chi connectivity index (χ4n) is 0.966. The minimum atomic E-state index is -5.16. The Morgan fingerprint density at radius 2 is 1.80 bits per heavy atom. The summed E-state index contributed by atoms with van der Waals surface area (Å²) < 4.78 is 73.5. The van der Waals surface area contributed by atoms with Crippen LogP contribution in [0.1, 0.15) is 17.7 Å². The van der Waals surface area contributed by atoms with Crippen molar-refractivity contribution in [2.75, 3.05) is 5.73 Å². The summed E-state index contributed by atoms with van der Waals surface area (Å²) in [5.41, 5.74) is 1.06. The Hall–Kier alpha value is -1.47. The topological polar surface area (TPSA) is 38.9 Å². The molecule has 0 fully saturated rings. The first-order valence-corrected chi connectivity index (χ1v) is 3.54. The molecule has 1 heterocycles. The molecule has 0 saturated heterocycles. The van der Waals surface area contributed by atoms with Crippen LogP contribution < -0.4 is 5.73 Å². The Balaban J connectivity index is 3.47. The van der Waals surface area contributed by atoms with E-state index in [0.29, 0.717) is 6.07 Å². The summed E-state index contributed by atoms with van der Waals surface area (Å²) in [7, 11) is 0. The molecule has 0 aliphatic carbocycles. The van der Waals surface area contributed by atoms with Gasteiger partial charge in [0, 0.05) is 6.07 Å². The Bertz CT molecular complexity index is 372. The second kappa shape index (κ2) is 3.59. The smallest absolute Gasteiger partial charge is 0.384 e. The molecule has 0 amide bonds. The quantitative estimate of drug-likeness (QED) is 0.753. The standard InChI is InChI=1S/C7H4F6N2/c8-2-1-3(14)15-5(7(11,12)13)4(2)6(9)10/h1,6H,(H2,14,15). The number of rotatable bonds is 1. The molecular formula is C7H4F6N2. The van der Waals surface area contributed by atoms with Crippen molar-refractivity contribution in [3.63, 3.8) is 0 Å². The third kappa shape index (κ3) is 2.31. The fourth-order valence-corrected chi connectivity index (χ4v) is 0.966. The zero-order valence-electron chi connectivity index (χ0n) is 6.95. The summed E-state index contributed by atoms with van der Waals surface area (Å²) in [6, 6.07) is 0.316. The molecule has 1 aromatic rings. The molecule has 0 bridgehead atoms. The molecule has 0 radical (unpaired) electrons. The maximum Gasteiger partial charge on any atom is 0.434 e. The van der Waals surface area contributed by atoms with E-state index in [1.54, 1.807) is 0 Å². The molecule has 0 aliphatic rings. The van der Waals surface area contributed by atoms with Crippen LogP contribution in [0.3, 0.4) is 0 Å². The van der Waals surface area contributed by atoms with Gasteiger partial charge in [0.05, 0.1) is 5.56 Å². The Kier molecular flexibility index (Phi) is 2.78. The average molecular weight is 230 g/mol. The van der Waals surface area contributed by atoms with Crippen LogP contribution in [0.25, 0.3) is 0 Å². The second-order valence-electron chi connectivity index (χ2n) is 2.59. The number of nitrogens with zero attached hydrogens (tertiary/aromatic N) is 1. The SMILES string of the molecule is Nc1cc(F)c(C(F)F)c(C(F)(F)F)n1. The largest absolute Gasteiger partial charge is 0.434 e. The van der Waals surface area contributed by atoms with Crippen molar-refractivity contribution >= 4 is 5.82 Å². The first-order chi connectivity index (χ1) is 6.73. The lowest BCUT2D eigenvalue weighted by atomic mass is 10.2. The number of hydrogen-bond donors (Lipinski definition) is 1. The zero-order valence-corrected chi connectivity index (χ0v) is 6.95. The van der Waals surface area contributed by atoms with Crippen LogP contribution in [0.15, 0.2) is 6.07 Å². The van der Waals surface area contributed by atoms with E-state index in [1.165, 1.54) is 0 Å². The third-order valence-corrected chi connectivity index (χ3v) is 1.51. The first-order valence-electron chi connectivity index (χ1n) is 3.54. The minimum Gasteiger partial charge on any atom is -0.384 e. The number of alkyl halides is 5. The van der Waals surface area contributed by atoms with E-state index >= 15 is 0 Å². The van der Waals surface area contributed by atoms with Gasteiger partial charge in [-0.05, 0) is 0 Å². The highest BCUT2D eigenvalue weighted by molar-refractivity contribution is 5.37. The number of aromatic nitrogens is 1. The summed E-state index contributed by atoms with van der Waals surface area (Å²) in [4.78, 5) is 2.66. The van der Waals surface area contributed by atoms with E-state index in [4.69, 9.17) is 5.73 Å². The molecule has 0 spiro atoms. The molecule has 2 N–H and O–H groups in total. The molecule has 0 unspecified atom stereocenters. The maximum absolute atomic E-state index is 12.8. The van der Waals surface area contributed by atoms with Gasteiger partial charge in [0.2, 0.25) is 0 Å². The van der Waals surface area contributed by atoms with E-state index in [2.05, 4.69) is 4.98 Å². The summed E-state index contributed by atoms with van der Waals surface area (Å²) in [5, 5.41) is 0. The van der Waals surface area contributed by atoms with Gasteiger partial charge in [-0.2, -0.15) is 13.2 Å². The number of pyridine rings is 1. The lowest BCUT2D eigenvalue weighted by Gasteiger charge is -2.12. The van der Waals surface area contributed by atoms with Crippen molar-refractivity contribution in [1.82, 2.24) is 4.98 Å². The van der Waals surface area contributed by atoms with Crippen molar-refractivity contribution in [2.24, 2.45) is 0 Å². The highest BCUT2D eigenvalue weighted by Crippen LogP contribution is 2.36. The van der Waals surface area contributed by atoms with Crippen LogP contribution in [0.4, 0.5) is 32.2 Å². The van der Waals surface area contributed by atoms with Crippen LogP contribution in [0.2, 0.25) is 0 Å². The first kappa shape index (κ1) is 11.6. The molecule has 15 heavy (non-hydrogen) atoms. The van der Waals surface area contributed by atoms with Gasteiger partial charge >= 0.3 is 6.18 Å². The number of nitrogens with two attached hydrogens (primary N) is 1. The monoisotopic (exact) mass is 230 g/mol. The molecule has 0 aliphatic heterocycles. The number of hydrogen-bond acceptors (Lipinski definition) is 2. The van der Waals surface area contributed by atoms with Crippen LogP contribution in [-0.4, -0.2) is 4.98 Å². The van der Waals surface area contributed by atoms with Crippen molar-refractivity contribution in [3.05, 3.63) is 23.1 Å². The van der Waals surface area contributed by atoms with Gasteiger partial charge in [-0.25, -0.2) is 18.2 Å². The van der Waals surface area contributed by atoms with Gasteiger partial charge in [0.25, 0.3) is 6.43 Å². The van der Waals surface area contributed by atoms with Crippen molar-refractivity contribution in [2.45, 2.75) is 12.6 Å². The molecular weight excluding hydrogens is 226 g/mol. The van der Waals surface area contributed by atoms with Crippen molar-refractivity contribution < 1.29 is 26.3 Å². The Morgan fingerprint density at radius 3 is 2.20 bits per heavy atom. The van der Waals surface area contributed by atoms with Gasteiger partial charge in [-0.15, -0.1) is 0 Å². The fraction of sp³-hybridized carbons (Fsp3) is 0.286. The van der Waals surface area contributed by atoms with E-state index in [9.17, 15) is 26.3 Å². The summed E-state index contributed by atoms with van der Waals surface area (Å²) in [6.45, 7) is 0. The molecule has 0 atom stereocenters. The maximum atomic E-state index is 12.8. The van der Waals surface area contributed by atoms with Gasteiger partial charge in [-0.3, -0.25) is 0 Å². The van der Waals surface area contributed by atoms with Gasteiger partial charge in [-0.1, -0.05) is 0 Å². The predicted octanol–water partition coefficient (Wildman–Crippen LogP) is 2.76. The Morgan fingerprint density at radius 1 is 1.27 bits per heavy atom. The summed E-state index contributed by atoms with van der Waals surface area (Å²) >= 11 is 0. The molecule has 0 saturated carbocycles. The number of nitrogen functional groups attached to an aromatic ring is 1. The molecule has 1 aromatic heterocycles. The lowest BCUT2D eigenvalue weighted by molar-refractivity contribution is -0.143. The number of anilines is 1. The van der Waals surface area contributed by atoms with Crippen LogP contribution in [0.5, 0.6) is 0 Å². The van der Waals surface area contributed by atoms with E-state index in [1.807, 2.05) is 0 Å². The third-order valence-electron chi connectivity index (χ3n) is 1.51. The average Bonchev–Trinajstić information content (AvgIpc) is 1.99. The molecule has 8 heteroatoms. The normalized spacial score (nSPS) is 12.2. The number of halogens is 6. The molecule has 1 rings (SSSR count). The van der Waals surface area contributed by atoms with Crippen LogP contribution >= 0.6 is 0 Å². The van der Waals surface area contributed by atoms with Crippen molar-refractivity contribution in [3.8, 4) is 0 Å². The lowest BCUT2D eigenvalue weighted by Crippen LogP contribution is -2.15. The highest BCUT2D eigenvalue weighted by atomic mass is 19.4. The summed E-state index contributed by atoms with van der Waals surface area (Å²) in [6.07, 6.45) is -8.77. The molecule has 2 nitrogen and oxygen atoms in total. The van der Waals surface area contributed by atoms with Gasteiger partial charge < -0.3 is 5.73 Å². The molecule has 0 aromatic carbocycles. The van der Waals surface area contributed by atoms with Crippen LogP contribution in [0, 0.1) is 5.82 Å². The van der Waals surface area contributed by atoms with Crippen molar-refractivity contribution in [1.29, 1.82) is 0 Å². The summed E-state index contributed by atoms with van der Waals surface area (Å²) in [5.74, 6) is -2.52. The van der Waals surface area contributed by atoms with E-state index in [-0.39, 0.29) is 0 Å². The second-order valence-corrected chi connectivity index (χ2v) is 2.59. The van der Waals surface area contributed by atoms with E-state index < -0.39 is 35.5 Å². The van der Waals surface area contributed by atoms with Crippen LogP contribution in [-0.2, 0) is 6.18 Å². The minimum absolute atomic E-state index is 0.316. The van der Waals surface area contributed by atoms with E-state index in [0.717, 1.165) is 0 Å². The van der Waals surface area contributed by atoms with Gasteiger partial charge in [0.15, 0.2) is 5.69 Å². The highest BCUT2D eigenvalue weighted by Gasteiger charge is 2.39. The predicted molar refractivity (Wildman–Crippen MR) is 38.6 cm³/mol. The molecule has 84 valence electrons. The Labute approximate surface area is 79.7 Å².